The molecule has 7 nitrogen and oxygen atoms in total. The van der Waals surface area contributed by atoms with Crippen LogP contribution in [0.1, 0.15) is 80.1 Å². The molecule has 194 valence electrons. The summed E-state index contributed by atoms with van der Waals surface area (Å²) < 4.78 is 1.94. The van der Waals surface area contributed by atoms with Crippen molar-refractivity contribution in [1.82, 2.24) is 30.1 Å². The topological polar surface area (TPSA) is 79.7 Å². The van der Waals surface area contributed by atoms with Crippen molar-refractivity contribution in [3.63, 3.8) is 0 Å². The highest BCUT2D eigenvalue weighted by Crippen LogP contribution is 2.35. The fourth-order valence-corrected chi connectivity index (χ4v) is 6.02. The van der Waals surface area contributed by atoms with Gasteiger partial charge in [0.1, 0.15) is 0 Å². The van der Waals surface area contributed by atoms with Crippen LogP contribution in [-0.2, 0) is 13.1 Å². The third kappa shape index (κ3) is 5.52. The van der Waals surface area contributed by atoms with Gasteiger partial charge in [-0.05, 0) is 71.9 Å². The number of aromatic nitrogens is 5. The van der Waals surface area contributed by atoms with Gasteiger partial charge in [0, 0.05) is 29.1 Å². The molecule has 1 fully saturated rings. The predicted octanol–water partition coefficient (Wildman–Crippen LogP) is 5.71. The van der Waals surface area contributed by atoms with Crippen LogP contribution in [0.15, 0.2) is 53.3 Å². The van der Waals surface area contributed by atoms with Crippen molar-refractivity contribution < 1.29 is 0 Å². The van der Waals surface area contributed by atoms with Crippen molar-refractivity contribution in [2.75, 3.05) is 0 Å². The van der Waals surface area contributed by atoms with E-state index in [9.17, 15) is 4.79 Å². The SMILES string of the molecule is Cc1cc(C)c2cc(CN(C3CCCCC3)C(c3nnnn3Cc3ccccc3)C(C)C)c(=O)[nH]c2c1. The second kappa shape index (κ2) is 11.0. The number of H-pyrrole nitrogens is 1. The van der Waals surface area contributed by atoms with Crippen LogP contribution in [-0.4, -0.2) is 36.1 Å². The third-order valence-corrected chi connectivity index (χ3v) is 7.77. The summed E-state index contributed by atoms with van der Waals surface area (Å²) in [7, 11) is 0. The lowest BCUT2D eigenvalue weighted by molar-refractivity contribution is 0.0611. The van der Waals surface area contributed by atoms with E-state index >= 15 is 0 Å². The normalized spacial score (nSPS) is 15.6. The zero-order valence-electron chi connectivity index (χ0n) is 22.4. The second-order valence-corrected chi connectivity index (χ2v) is 11.0. The van der Waals surface area contributed by atoms with Crippen molar-refractivity contribution in [3.05, 3.63) is 87.0 Å². The van der Waals surface area contributed by atoms with E-state index in [0.29, 0.717) is 19.1 Å². The van der Waals surface area contributed by atoms with Gasteiger partial charge in [-0.2, -0.15) is 0 Å². The molecule has 0 bridgehead atoms. The number of nitrogens with one attached hydrogen (secondary N) is 1. The molecule has 37 heavy (non-hydrogen) atoms. The van der Waals surface area contributed by atoms with Crippen LogP contribution in [0.4, 0.5) is 0 Å². The Kier molecular flexibility index (Phi) is 7.51. The molecule has 1 aliphatic carbocycles. The first kappa shape index (κ1) is 25.3. The Balaban J connectivity index is 1.55. The first-order chi connectivity index (χ1) is 17.9. The minimum absolute atomic E-state index is 0.00368. The molecule has 2 aromatic heterocycles. The van der Waals surface area contributed by atoms with E-state index in [1.165, 1.54) is 30.4 Å². The molecule has 1 aliphatic rings. The fourth-order valence-electron chi connectivity index (χ4n) is 6.02. The van der Waals surface area contributed by atoms with Crippen LogP contribution >= 0.6 is 0 Å². The number of aromatic amines is 1. The van der Waals surface area contributed by atoms with Crippen LogP contribution in [0.3, 0.4) is 0 Å². The molecule has 1 N–H and O–H groups in total. The fraction of sp³-hybridized carbons (Fsp3) is 0.467. The highest BCUT2D eigenvalue weighted by molar-refractivity contribution is 5.83. The van der Waals surface area contributed by atoms with Crippen LogP contribution in [0, 0.1) is 19.8 Å². The van der Waals surface area contributed by atoms with Gasteiger partial charge in [-0.25, -0.2) is 4.68 Å². The summed E-state index contributed by atoms with van der Waals surface area (Å²) in [4.78, 5) is 19.0. The summed E-state index contributed by atoms with van der Waals surface area (Å²) in [6.45, 7) is 9.85. The molecule has 0 amide bonds. The van der Waals surface area contributed by atoms with Gasteiger partial charge in [0.25, 0.3) is 5.56 Å². The monoisotopic (exact) mass is 498 g/mol. The third-order valence-electron chi connectivity index (χ3n) is 7.77. The van der Waals surface area contributed by atoms with Crippen molar-refractivity contribution >= 4 is 10.9 Å². The van der Waals surface area contributed by atoms with E-state index in [1.54, 1.807) is 0 Å². The highest BCUT2D eigenvalue weighted by atomic mass is 16.1. The van der Waals surface area contributed by atoms with Crippen molar-refractivity contribution in [1.29, 1.82) is 0 Å². The summed E-state index contributed by atoms with van der Waals surface area (Å²) in [5, 5.41) is 14.2. The number of nitrogens with zero attached hydrogens (tertiary/aromatic N) is 5. The Morgan fingerprint density at radius 1 is 1.05 bits per heavy atom. The molecule has 2 aromatic carbocycles. The minimum atomic E-state index is -0.00954. The maximum absolute atomic E-state index is 13.3. The van der Waals surface area contributed by atoms with Crippen LogP contribution < -0.4 is 5.56 Å². The number of hydrogen-bond acceptors (Lipinski definition) is 5. The van der Waals surface area contributed by atoms with Crippen LogP contribution in [0.2, 0.25) is 0 Å². The maximum Gasteiger partial charge on any atom is 0.252 e. The molecule has 5 rings (SSSR count). The largest absolute Gasteiger partial charge is 0.322 e. The van der Waals surface area contributed by atoms with E-state index in [4.69, 9.17) is 0 Å². The van der Waals surface area contributed by atoms with Crippen molar-refractivity contribution in [2.45, 2.75) is 85.0 Å². The van der Waals surface area contributed by atoms with Crippen molar-refractivity contribution in [2.24, 2.45) is 5.92 Å². The first-order valence-corrected chi connectivity index (χ1v) is 13.6. The number of pyridine rings is 1. The van der Waals surface area contributed by atoms with Gasteiger partial charge in [0.2, 0.25) is 0 Å². The first-order valence-electron chi connectivity index (χ1n) is 13.6. The quantitative estimate of drug-likeness (QED) is 0.336. The zero-order chi connectivity index (χ0) is 25.9. The summed E-state index contributed by atoms with van der Waals surface area (Å²) in [5.74, 6) is 1.14. The van der Waals surface area contributed by atoms with E-state index in [1.807, 2.05) is 22.9 Å². The number of aryl methyl sites for hydroxylation is 2. The average Bonchev–Trinajstić information content (AvgIpc) is 3.32. The molecule has 2 heterocycles. The molecule has 0 spiro atoms. The van der Waals surface area contributed by atoms with Gasteiger partial charge in [0.15, 0.2) is 5.82 Å². The number of hydrogen-bond donors (Lipinski definition) is 1. The number of rotatable bonds is 8. The lowest BCUT2D eigenvalue weighted by atomic mass is 9.90. The second-order valence-electron chi connectivity index (χ2n) is 11.0. The molecule has 7 heteroatoms. The van der Waals surface area contributed by atoms with Gasteiger partial charge >= 0.3 is 0 Å². The molecule has 1 unspecified atom stereocenters. The summed E-state index contributed by atoms with van der Waals surface area (Å²) in [6, 6.07) is 17.0. The zero-order valence-corrected chi connectivity index (χ0v) is 22.4. The van der Waals surface area contributed by atoms with E-state index in [2.05, 4.69) is 83.4 Å². The van der Waals surface area contributed by atoms with Gasteiger partial charge < -0.3 is 4.98 Å². The Morgan fingerprint density at radius 2 is 1.81 bits per heavy atom. The van der Waals surface area contributed by atoms with Crippen molar-refractivity contribution in [3.8, 4) is 0 Å². The number of tetrazole rings is 1. The van der Waals surface area contributed by atoms with Crippen LogP contribution in [0.25, 0.3) is 10.9 Å². The van der Waals surface area contributed by atoms with Gasteiger partial charge in [-0.1, -0.05) is 69.5 Å². The Morgan fingerprint density at radius 3 is 2.54 bits per heavy atom. The number of benzene rings is 2. The lowest BCUT2D eigenvalue weighted by Gasteiger charge is -2.41. The molecule has 1 saturated carbocycles. The smallest absolute Gasteiger partial charge is 0.252 e. The maximum atomic E-state index is 13.3. The molecule has 0 aliphatic heterocycles. The van der Waals surface area contributed by atoms with E-state index in [0.717, 1.165) is 40.7 Å². The molecular weight excluding hydrogens is 460 g/mol. The highest BCUT2D eigenvalue weighted by Gasteiger charge is 2.35. The van der Waals surface area contributed by atoms with E-state index < -0.39 is 0 Å². The average molecular weight is 499 g/mol. The van der Waals surface area contributed by atoms with E-state index in [-0.39, 0.29) is 17.5 Å². The standard InChI is InChI=1S/C30H38N6O/c1-20(2)28(29-32-33-34-36(29)18-23-11-7-5-8-12-23)35(25-13-9-6-10-14-25)19-24-17-26-22(4)15-21(3)16-27(26)31-30(24)37/h5,7-8,11-12,15-17,20,25,28H,6,9-10,13-14,18-19H2,1-4H3,(H,31,37). The summed E-state index contributed by atoms with van der Waals surface area (Å²) >= 11 is 0. The van der Waals surface area contributed by atoms with Gasteiger partial charge in [-0.3, -0.25) is 9.69 Å². The Hall–Kier alpha value is -3.32. The van der Waals surface area contributed by atoms with Gasteiger partial charge in [0.05, 0.1) is 12.6 Å². The molecular formula is C30H38N6O. The summed E-state index contributed by atoms with van der Waals surface area (Å²) in [5.41, 5.74) is 5.20. The lowest BCUT2D eigenvalue weighted by Crippen LogP contribution is -2.43. The number of fused-ring (bicyclic) bond motifs is 1. The minimum Gasteiger partial charge on any atom is -0.322 e. The molecule has 4 aromatic rings. The molecule has 1 atom stereocenters. The predicted molar refractivity (Wildman–Crippen MR) is 147 cm³/mol. The van der Waals surface area contributed by atoms with Crippen LogP contribution in [0.5, 0.6) is 0 Å². The summed E-state index contributed by atoms with van der Waals surface area (Å²) in [6.07, 6.45) is 5.97. The van der Waals surface area contributed by atoms with Gasteiger partial charge in [-0.15, -0.1) is 5.10 Å². The molecule has 0 radical (unpaired) electrons. The Bertz CT molecular complexity index is 1400. The Labute approximate surface area is 218 Å². The molecule has 0 saturated heterocycles.